The van der Waals surface area contributed by atoms with Gasteiger partial charge in [-0.3, -0.25) is 4.79 Å². The summed E-state index contributed by atoms with van der Waals surface area (Å²) in [6.07, 6.45) is 1.96. The Hall–Kier alpha value is -4.44. The van der Waals surface area contributed by atoms with Crippen LogP contribution in [0.25, 0.3) is 33.3 Å². The van der Waals surface area contributed by atoms with Gasteiger partial charge in [0.15, 0.2) is 0 Å². The van der Waals surface area contributed by atoms with E-state index in [1.807, 2.05) is 60.8 Å². The number of rotatable bonds is 5. The van der Waals surface area contributed by atoms with E-state index in [1.54, 1.807) is 4.68 Å². The molecule has 34 heavy (non-hydrogen) atoms. The molecule has 2 aliphatic rings. The van der Waals surface area contributed by atoms with Crippen molar-refractivity contribution >= 4 is 10.9 Å². The van der Waals surface area contributed by atoms with Gasteiger partial charge in [0.05, 0.1) is 17.6 Å². The number of pyridine rings is 1. The summed E-state index contributed by atoms with van der Waals surface area (Å²) in [5.41, 5.74) is 7.04. The maximum atomic E-state index is 13.3. The van der Waals surface area contributed by atoms with Crippen LogP contribution in [0.15, 0.2) is 120 Å². The highest BCUT2D eigenvalue weighted by molar-refractivity contribution is 5.93. The summed E-state index contributed by atoms with van der Waals surface area (Å²) < 4.78 is 3.73. The first kappa shape index (κ1) is 20.2. The van der Waals surface area contributed by atoms with Crippen molar-refractivity contribution in [2.24, 2.45) is 0 Å². The summed E-state index contributed by atoms with van der Waals surface area (Å²) in [5.74, 6) is 0. The van der Waals surface area contributed by atoms with Gasteiger partial charge in [-0.15, -0.1) is 0 Å². The number of nitrogens with zero attached hydrogens (tertiary/aromatic N) is 3. The summed E-state index contributed by atoms with van der Waals surface area (Å²) in [4.78, 5) is 13.3. The van der Waals surface area contributed by atoms with Gasteiger partial charge in [-0.25, -0.2) is 4.68 Å². The molecule has 4 heteroatoms. The average Bonchev–Trinajstić information content (AvgIpc) is 3.21. The smallest absolute Gasteiger partial charge is 0.278 e. The second-order valence-corrected chi connectivity index (χ2v) is 8.55. The zero-order chi connectivity index (χ0) is 22.9. The Labute approximate surface area is 197 Å². The van der Waals surface area contributed by atoms with Gasteiger partial charge in [-0.05, 0) is 28.3 Å². The zero-order valence-electron chi connectivity index (χ0n) is 18.6. The van der Waals surface area contributed by atoms with Crippen molar-refractivity contribution in [1.82, 2.24) is 14.3 Å². The van der Waals surface area contributed by atoms with E-state index >= 15 is 0 Å². The number of benzene rings is 4. The van der Waals surface area contributed by atoms with Crippen LogP contribution < -0.4 is 5.56 Å². The van der Waals surface area contributed by atoms with Crippen LogP contribution in [-0.2, 0) is 13.1 Å². The molecule has 0 aromatic heterocycles. The highest BCUT2D eigenvalue weighted by Gasteiger charge is 2.20. The van der Waals surface area contributed by atoms with E-state index in [4.69, 9.17) is 5.10 Å². The fourth-order valence-electron chi connectivity index (χ4n) is 4.55. The highest BCUT2D eigenvalue weighted by Crippen LogP contribution is 2.28. The first-order valence-corrected chi connectivity index (χ1v) is 11.4. The predicted octanol–water partition coefficient (Wildman–Crippen LogP) is 6.07. The van der Waals surface area contributed by atoms with Crippen molar-refractivity contribution in [3.8, 4) is 22.4 Å². The van der Waals surface area contributed by atoms with Crippen LogP contribution in [0.5, 0.6) is 0 Å². The molecule has 0 unspecified atom stereocenters. The van der Waals surface area contributed by atoms with Gasteiger partial charge >= 0.3 is 0 Å². The van der Waals surface area contributed by atoms with Crippen LogP contribution in [0.3, 0.4) is 0 Å². The van der Waals surface area contributed by atoms with E-state index in [9.17, 15) is 4.79 Å². The fraction of sp³-hybridized carbons (Fsp3) is 0.0667. The minimum atomic E-state index is -0.0576. The molecule has 0 saturated carbocycles. The molecule has 0 saturated heterocycles. The molecule has 0 bridgehead atoms. The molecule has 0 aliphatic carbocycles. The molecule has 2 heterocycles. The Balaban J connectivity index is 1.40. The van der Waals surface area contributed by atoms with Gasteiger partial charge < -0.3 is 4.57 Å². The van der Waals surface area contributed by atoms with Crippen molar-refractivity contribution in [3.05, 3.63) is 137 Å². The Morgan fingerprint density at radius 3 is 2.00 bits per heavy atom. The largest absolute Gasteiger partial charge is 0.342 e. The Morgan fingerprint density at radius 1 is 0.618 bits per heavy atom. The zero-order valence-corrected chi connectivity index (χ0v) is 18.6. The standard InChI is InChI=1S/C30H23N3O/c34-30-27-21-32(19-23-15-17-25(18-16-23)24-11-5-2-6-12-24)28-14-8-7-13-26(28)29(27)31-33(30)20-22-9-3-1-4-10-22/h1-18,21H,19-20H2. The fourth-order valence-corrected chi connectivity index (χ4v) is 4.55. The van der Waals surface area contributed by atoms with Crippen LogP contribution in [-0.4, -0.2) is 14.3 Å². The lowest BCUT2D eigenvalue weighted by Crippen LogP contribution is -2.17. The Morgan fingerprint density at radius 2 is 1.24 bits per heavy atom. The molecule has 0 radical (unpaired) electrons. The first-order chi connectivity index (χ1) is 16.8. The molecule has 0 amide bonds. The summed E-state index contributed by atoms with van der Waals surface area (Å²) in [7, 11) is 0. The molecule has 164 valence electrons. The molecule has 0 spiro atoms. The molecule has 6 rings (SSSR count). The third-order valence-corrected chi connectivity index (χ3v) is 6.28. The van der Waals surface area contributed by atoms with Gasteiger partial charge in [0.2, 0.25) is 0 Å². The summed E-state index contributed by atoms with van der Waals surface area (Å²) in [6, 6.07) is 37.1. The Bertz CT molecular complexity index is 1600. The monoisotopic (exact) mass is 441 g/mol. The van der Waals surface area contributed by atoms with Crippen LogP contribution in [0, 0.1) is 0 Å². The average molecular weight is 442 g/mol. The molecule has 2 aliphatic heterocycles. The van der Waals surface area contributed by atoms with E-state index in [0.717, 1.165) is 22.2 Å². The van der Waals surface area contributed by atoms with Crippen molar-refractivity contribution in [2.45, 2.75) is 13.1 Å². The van der Waals surface area contributed by atoms with Gasteiger partial charge in [0.1, 0.15) is 5.69 Å². The van der Waals surface area contributed by atoms with Gasteiger partial charge in [0, 0.05) is 18.1 Å². The van der Waals surface area contributed by atoms with Crippen molar-refractivity contribution in [3.63, 3.8) is 0 Å². The molecule has 4 nitrogen and oxygen atoms in total. The molecular weight excluding hydrogens is 418 g/mol. The summed E-state index contributed by atoms with van der Waals surface area (Å²) in [5, 5.41) is 5.71. The van der Waals surface area contributed by atoms with E-state index in [2.05, 4.69) is 59.2 Å². The lowest BCUT2D eigenvalue weighted by Gasteiger charge is -2.14. The maximum absolute atomic E-state index is 13.3. The highest BCUT2D eigenvalue weighted by atomic mass is 16.1. The van der Waals surface area contributed by atoms with Gasteiger partial charge in [-0.1, -0.05) is 103 Å². The van der Waals surface area contributed by atoms with Gasteiger partial charge in [0.25, 0.3) is 5.56 Å². The van der Waals surface area contributed by atoms with E-state index < -0.39 is 0 Å². The third-order valence-electron chi connectivity index (χ3n) is 6.28. The second-order valence-electron chi connectivity index (χ2n) is 8.55. The van der Waals surface area contributed by atoms with Crippen molar-refractivity contribution < 1.29 is 0 Å². The molecule has 0 fully saturated rings. The van der Waals surface area contributed by atoms with Crippen LogP contribution in [0.2, 0.25) is 0 Å². The topological polar surface area (TPSA) is 39.8 Å². The van der Waals surface area contributed by atoms with Crippen LogP contribution in [0.4, 0.5) is 0 Å². The molecule has 0 atom stereocenters. The van der Waals surface area contributed by atoms with Crippen LogP contribution >= 0.6 is 0 Å². The van der Waals surface area contributed by atoms with Gasteiger partial charge in [-0.2, -0.15) is 5.10 Å². The van der Waals surface area contributed by atoms with E-state index in [0.29, 0.717) is 18.7 Å². The summed E-state index contributed by atoms with van der Waals surface area (Å²) >= 11 is 0. The number of hydrogen-bond donors (Lipinski definition) is 0. The van der Waals surface area contributed by atoms with Crippen molar-refractivity contribution in [2.75, 3.05) is 0 Å². The second kappa shape index (κ2) is 8.49. The predicted molar refractivity (Wildman–Crippen MR) is 137 cm³/mol. The van der Waals surface area contributed by atoms with Crippen molar-refractivity contribution in [1.29, 1.82) is 0 Å². The normalized spacial score (nSPS) is 11.3. The molecule has 4 aromatic carbocycles. The Kier molecular flexibility index (Phi) is 5.04. The number of fused-ring (bicyclic) bond motifs is 3. The quantitative estimate of drug-likeness (QED) is 0.326. The minimum Gasteiger partial charge on any atom is -0.342 e. The first-order valence-electron chi connectivity index (χ1n) is 11.4. The van der Waals surface area contributed by atoms with E-state index in [-0.39, 0.29) is 5.56 Å². The SMILES string of the molecule is O=c1c2cn(Cc3ccc(-c4ccccc4)cc3)c3ccccc3c-2nn1Cc1ccccc1. The summed E-state index contributed by atoms with van der Waals surface area (Å²) in [6.45, 7) is 1.14. The molecule has 4 aromatic rings. The molecular formula is C30H23N3O. The number of para-hydroxylation sites is 1. The minimum absolute atomic E-state index is 0.0576. The number of aromatic nitrogens is 3. The molecule has 0 N–H and O–H groups in total. The lowest BCUT2D eigenvalue weighted by molar-refractivity contribution is 0.670. The maximum Gasteiger partial charge on any atom is 0.278 e. The number of hydrogen-bond acceptors (Lipinski definition) is 2. The van der Waals surface area contributed by atoms with E-state index in [1.165, 1.54) is 16.7 Å². The third kappa shape index (κ3) is 3.69. The lowest BCUT2D eigenvalue weighted by atomic mass is 10.0. The van der Waals surface area contributed by atoms with Crippen LogP contribution in [0.1, 0.15) is 11.1 Å².